The van der Waals surface area contributed by atoms with Gasteiger partial charge in [-0.2, -0.15) is 0 Å². The number of carbonyl (C=O) groups excluding carboxylic acids is 1. The second kappa shape index (κ2) is 6.02. The Morgan fingerprint density at radius 2 is 2.14 bits per heavy atom. The van der Waals surface area contributed by atoms with Crippen LogP contribution >= 0.6 is 0 Å². The highest BCUT2D eigenvalue weighted by atomic mass is 16.1. The largest absolute Gasteiger partial charge is 0.351 e. The number of hydrogen-bond acceptors (Lipinski definition) is 2. The van der Waals surface area contributed by atoms with Gasteiger partial charge in [-0.3, -0.25) is 9.78 Å². The van der Waals surface area contributed by atoms with E-state index in [9.17, 15) is 4.79 Å². The van der Waals surface area contributed by atoms with Gasteiger partial charge in [-0.1, -0.05) is 12.1 Å². The van der Waals surface area contributed by atoms with Gasteiger partial charge in [0.2, 0.25) is 0 Å². The Morgan fingerprint density at radius 1 is 1.27 bits per heavy atom. The average molecular weight is 293 g/mol. The molecule has 3 rings (SSSR count). The van der Waals surface area contributed by atoms with Crippen LogP contribution < -0.4 is 5.32 Å². The Kier molecular flexibility index (Phi) is 3.92. The maximum atomic E-state index is 12.2. The highest BCUT2D eigenvalue weighted by Gasteiger charge is 2.10. The van der Waals surface area contributed by atoms with Crippen molar-refractivity contribution in [1.82, 2.24) is 15.3 Å². The maximum Gasteiger partial charge on any atom is 0.267 e. The number of nitrogens with one attached hydrogen (secondary N) is 2. The van der Waals surface area contributed by atoms with Gasteiger partial charge < -0.3 is 10.3 Å². The summed E-state index contributed by atoms with van der Waals surface area (Å²) >= 11 is 0. The van der Waals surface area contributed by atoms with Crippen molar-refractivity contribution in [2.75, 3.05) is 6.54 Å². The lowest BCUT2D eigenvalue weighted by Gasteiger charge is -2.03. The molecule has 0 bridgehead atoms. The van der Waals surface area contributed by atoms with Crippen molar-refractivity contribution in [3.63, 3.8) is 0 Å². The second-order valence-corrected chi connectivity index (χ2v) is 5.59. The van der Waals surface area contributed by atoms with Crippen molar-refractivity contribution in [3.8, 4) is 0 Å². The third kappa shape index (κ3) is 3.01. The predicted octanol–water partition coefficient (Wildman–Crippen LogP) is 3.15. The fourth-order valence-electron chi connectivity index (χ4n) is 2.68. The number of benzene rings is 1. The summed E-state index contributed by atoms with van der Waals surface area (Å²) in [6, 6.07) is 10.0. The van der Waals surface area contributed by atoms with Gasteiger partial charge in [-0.25, -0.2) is 0 Å². The Morgan fingerprint density at radius 3 is 2.91 bits per heavy atom. The molecule has 112 valence electrons. The van der Waals surface area contributed by atoms with E-state index in [1.54, 1.807) is 6.20 Å². The standard InChI is InChI=1S/C18H19N3O/c1-12-8-13(2)15-10-17(21-16(15)9-12)18(22)20-7-5-14-4-3-6-19-11-14/h3-4,6,8-11,21H,5,7H2,1-2H3,(H,20,22). The molecule has 0 aliphatic rings. The summed E-state index contributed by atoms with van der Waals surface area (Å²) < 4.78 is 0. The van der Waals surface area contributed by atoms with Gasteiger partial charge in [-0.15, -0.1) is 0 Å². The number of hydrogen-bond donors (Lipinski definition) is 2. The van der Waals surface area contributed by atoms with Crippen molar-refractivity contribution >= 4 is 16.8 Å². The molecule has 0 unspecified atom stereocenters. The Hall–Kier alpha value is -2.62. The number of H-pyrrole nitrogens is 1. The minimum Gasteiger partial charge on any atom is -0.351 e. The molecule has 0 aliphatic carbocycles. The van der Waals surface area contributed by atoms with Gasteiger partial charge in [0, 0.05) is 29.8 Å². The van der Waals surface area contributed by atoms with E-state index in [0.717, 1.165) is 22.9 Å². The minimum atomic E-state index is -0.0721. The van der Waals surface area contributed by atoms with Crippen LogP contribution in [0.1, 0.15) is 27.2 Å². The number of fused-ring (bicyclic) bond motifs is 1. The van der Waals surface area contributed by atoms with Crippen molar-refractivity contribution in [3.05, 3.63) is 65.1 Å². The van der Waals surface area contributed by atoms with Crippen molar-refractivity contribution < 1.29 is 4.79 Å². The third-order valence-electron chi connectivity index (χ3n) is 3.76. The van der Waals surface area contributed by atoms with Crippen LogP contribution in [0.15, 0.2) is 42.7 Å². The first-order chi connectivity index (χ1) is 10.6. The summed E-state index contributed by atoms with van der Waals surface area (Å²) in [6.45, 7) is 4.71. The zero-order valence-corrected chi connectivity index (χ0v) is 12.8. The molecule has 2 aromatic heterocycles. The molecule has 0 saturated carbocycles. The van der Waals surface area contributed by atoms with Crippen LogP contribution in [0, 0.1) is 13.8 Å². The van der Waals surface area contributed by atoms with E-state index >= 15 is 0 Å². The summed E-state index contributed by atoms with van der Waals surface area (Å²) in [4.78, 5) is 19.5. The lowest BCUT2D eigenvalue weighted by Crippen LogP contribution is -2.25. The number of pyridine rings is 1. The van der Waals surface area contributed by atoms with Gasteiger partial charge in [0.1, 0.15) is 5.69 Å². The van der Waals surface area contributed by atoms with Crippen LogP contribution in [-0.4, -0.2) is 22.4 Å². The first-order valence-corrected chi connectivity index (χ1v) is 7.40. The monoisotopic (exact) mass is 293 g/mol. The van der Waals surface area contributed by atoms with Crippen molar-refractivity contribution in [2.45, 2.75) is 20.3 Å². The molecule has 0 radical (unpaired) electrons. The van der Waals surface area contributed by atoms with E-state index in [0.29, 0.717) is 12.2 Å². The number of rotatable bonds is 4. The highest BCUT2D eigenvalue weighted by Crippen LogP contribution is 2.21. The first kappa shape index (κ1) is 14.3. The van der Waals surface area contributed by atoms with E-state index < -0.39 is 0 Å². The van der Waals surface area contributed by atoms with Crippen LogP contribution in [-0.2, 0) is 6.42 Å². The summed E-state index contributed by atoms with van der Waals surface area (Å²) in [5.41, 5.74) is 5.10. The Balaban J connectivity index is 1.69. The van der Waals surface area contributed by atoms with Crippen LogP contribution in [0.5, 0.6) is 0 Å². The van der Waals surface area contributed by atoms with Gasteiger partial charge >= 0.3 is 0 Å². The molecule has 2 heterocycles. The summed E-state index contributed by atoms with van der Waals surface area (Å²) in [6.07, 6.45) is 4.34. The first-order valence-electron chi connectivity index (χ1n) is 7.40. The van der Waals surface area contributed by atoms with Gasteiger partial charge in [-0.05, 0) is 55.2 Å². The molecule has 3 aromatic rings. The zero-order chi connectivity index (χ0) is 15.5. The van der Waals surface area contributed by atoms with Crippen LogP contribution in [0.2, 0.25) is 0 Å². The van der Waals surface area contributed by atoms with Crippen molar-refractivity contribution in [1.29, 1.82) is 0 Å². The molecule has 4 nitrogen and oxygen atoms in total. The summed E-state index contributed by atoms with van der Waals surface area (Å²) in [7, 11) is 0. The molecule has 1 aromatic carbocycles. The Labute approximate surface area is 129 Å². The molecule has 0 fully saturated rings. The number of aryl methyl sites for hydroxylation is 2. The number of aromatic nitrogens is 2. The van der Waals surface area contributed by atoms with Crippen LogP contribution in [0.4, 0.5) is 0 Å². The maximum absolute atomic E-state index is 12.2. The Bertz CT molecular complexity index is 806. The fourth-order valence-corrected chi connectivity index (χ4v) is 2.68. The number of carbonyl (C=O) groups is 1. The number of aromatic amines is 1. The van der Waals surface area contributed by atoms with Crippen LogP contribution in [0.3, 0.4) is 0 Å². The molecule has 0 saturated heterocycles. The molecular formula is C18H19N3O. The molecule has 22 heavy (non-hydrogen) atoms. The lowest BCUT2D eigenvalue weighted by molar-refractivity contribution is 0.0950. The second-order valence-electron chi connectivity index (χ2n) is 5.59. The van der Waals surface area contributed by atoms with Crippen LogP contribution in [0.25, 0.3) is 10.9 Å². The molecule has 0 aliphatic heterocycles. The topological polar surface area (TPSA) is 57.8 Å². The molecule has 0 atom stereocenters. The predicted molar refractivity (Wildman–Crippen MR) is 88.0 cm³/mol. The number of amides is 1. The van der Waals surface area contributed by atoms with Gasteiger partial charge in [0.05, 0.1) is 0 Å². The zero-order valence-electron chi connectivity index (χ0n) is 12.8. The van der Waals surface area contributed by atoms with E-state index in [4.69, 9.17) is 0 Å². The average Bonchev–Trinajstić information content (AvgIpc) is 2.92. The van der Waals surface area contributed by atoms with E-state index in [-0.39, 0.29) is 5.91 Å². The van der Waals surface area contributed by atoms with E-state index in [1.807, 2.05) is 24.4 Å². The SMILES string of the molecule is Cc1cc(C)c2cc(C(=O)NCCc3cccnc3)[nH]c2c1. The van der Waals surface area contributed by atoms with Gasteiger partial charge in [0.25, 0.3) is 5.91 Å². The summed E-state index contributed by atoms with van der Waals surface area (Å²) in [5.74, 6) is -0.0721. The minimum absolute atomic E-state index is 0.0721. The molecule has 2 N–H and O–H groups in total. The highest BCUT2D eigenvalue weighted by molar-refractivity contribution is 5.98. The molecular weight excluding hydrogens is 274 g/mol. The quantitative estimate of drug-likeness (QED) is 0.776. The third-order valence-corrected chi connectivity index (χ3v) is 3.76. The van der Waals surface area contributed by atoms with E-state index in [2.05, 4.69) is 41.3 Å². The van der Waals surface area contributed by atoms with Crippen molar-refractivity contribution in [2.24, 2.45) is 0 Å². The van der Waals surface area contributed by atoms with Gasteiger partial charge in [0.15, 0.2) is 0 Å². The molecule has 1 amide bonds. The molecule has 0 spiro atoms. The summed E-state index contributed by atoms with van der Waals surface area (Å²) in [5, 5.41) is 4.04. The van der Waals surface area contributed by atoms with E-state index in [1.165, 1.54) is 11.1 Å². The number of nitrogens with zero attached hydrogens (tertiary/aromatic N) is 1. The normalized spacial score (nSPS) is 10.8. The fraction of sp³-hybridized carbons (Fsp3) is 0.222. The lowest BCUT2D eigenvalue weighted by atomic mass is 10.1. The smallest absolute Gasteiger partial charge is 0.267 e. The molecule has 4 heteroatoms.